The Hall–Kier alpha value is -0.940. The van der Waals surface area contributed by atoms with Gasteiger partial charge >= 0.3 is 0 Å². The van der Waals surface area contributed by atoms with E-state index in [0.717, 1.165) is 22.3 Å². The predicted octanol–water partition coefficient (Wildman–Crippen LogP) is 0.441. The summed E-state index contributed by atoms with van der Waals surface area (Å²) in [6.07, 6.45) is 0.739. The van der Waals surface area contributed by atoms with Crippen LogP contribution < -0.4 is 11.1 Å². The van der Waals surface area contributed by atoms with Crippen LogP contribution in [0.2, 0.25) is 0 Å². The number of rotatable bonds is 10. The van der Waals surface area contributed by atoms with Gasteiger partial charge in [-0.25, -0.2) is 12.7 Å². The van der Waals surface area contributed by atoms with Gasteiger partial charge in [-0.1, -0.05) is 0 Å². The number of sulfonamides is 1. The Labute approximate surface area is 129 Å². The van der Waals surface area contributed by atoms with E-state index in [9.17, 15) is 8.42 Å². The van der Waals surface area contributed by atoms with Crippen LogP contribution in [-0.4, -0.2) is 64.7 Å². The molecule has 0 saturated heterocycles. The van der Waals surface area contributed by atoms with E-state index >= 15 is 0 Å². The number of nitrogens with zero attached hydrogens (tertiary/aromatic N) is 2. The summed E-state index contributed by atoms with van der Waals surface area (Å²) in [7, 11) is 0.930. The molecule has 1 heterocycles. The number of nitrogens with one attached hydrogen (secondary N) is 1. The van der Waals surface area contributed by atoms with E-state index in [-0.39, 0.29) is 10.7 Å². The van der Waals surface area contributed by atoms with Gasteiger partial charge in [-0.05, 0) is 18.0 Å². The molecule has 122 valence electrons. The van der Waals surface area contributed by atoms with Crippen molar-refractivity contribution >= 4 is 32.4 Å². The van der Waals surface area contributed by atoms with E-state index in [4.69, 9.17) is 15.2 Å². The molecule has 0 unspecified atom stereocenters. The second-order valence-corrected chi connectivity index (χ2v) is 7.26. The third-order valence-electron chi connectivity index (χ3n) is 2.60. The van der Waals surface area contributed by atoms with Crippen LogP contribution in [0.1, 0.15) is 6.42 Å². The number of methoxy groups -OCH3 is 1. The van der Waals surface area contributed by atoms with Gasteiger partial charge in [0.25, 0.3) is 0 Å². The van der Waals surface area contributed by atoms with Gasteiger partial charge in [0.15, 0.2) is 10.7 Å². The van der Waals surface area contributed by atoms with Crippen molar-refractivity contribution in [2.75, 3.05) is 58.6 Å². The summed E-state index contributed by atoms with van der Waals surface area (Å²) in [5.41, 5.74) is 5.67. The SMILES string of the molecule is COCCOCCCNc1snc(N)c1S(=O)(=O)N(C)C. The van der Waals surface area contributed by atoms with Crippen molar-refractivity contribution in [1.29, 1.82) is 0 Å². The van der Waals surface area contributed by atoms with Crippen molar-refractivity contribution in [2.24, 2.45) is 0 Å². The van der Waals surface area contributed by atoms with Gasteiger partial charge in [-0.15, -0.1) is 0 Å². The summed E-state index contributed by atoms with van der Waals surface area (Å²) in [6.45, 7) is 2.25. The first-order valence-corrected chi connectivity index (χ1v) is 8.60. The van der Waals surface area contributed by atoms with Crippen molar-refractivity contribution in [3.05, 3.63) is 0 Å². The zero-order valence-electron chi connectivity index (χ0n) is 12.5. The molecule has 0 aliphatic heterocycles. The van der Waals surface area contributed by atoms with Crippen molar-refractivity contribution in [2.45, 2.75) is 11.3 Å². The maximum absolute atomic E-state index is 12.2. The second-order valence-electron chi connectivity index (χ2n) is 4.40. The van der Waals surface area contributed by atoms with Crippen LogP contribution in [0.4, 0.5) is 10.8 Å². The average Bonchev–Trinajstić information content (AvgIpc) is 2.79. The molecule has 0 saturated carbocycles. The van der Waals surface area contributed by atoms with Crippen LogP contribution in [0.25, 0.3) is 0 Å². The number of aromatic nitrogens is 1. The molecule has 1 aromatic heterocycles. The fourth-order valence-corrected chi connectivity index (χ4v) is 3.56. The molecule has 0 aliphatic carbocycles. The Balaban J connectivity index is 2.54. The van der Waals surface area contributed by atoms with E-state index in [0.29, 0.717) is 31.4 Å². The standard InChI is InChI=1S/C11H22N4O4S2/c1-15(2)21(16,17)9-10(12)14-20-11(9)13-5-4-6-19-8-7-18-3/h13H,4-8H2,1-3H3,(H2,12,14). The summed E-state index contributed by atoms with van der Waals surface area (Å²) in [6, 6.07) is 0. The van der Waals surface area contributed by atoms with Crippen LogP contribution in [-0.2, 0) is 19.5 Å². The normalized spacial score (nSPS) is 12.0. The van der Waals surface area contributed by atoms with E-state index in [1.807, 2.05) is 0 Å². The number of anilines is 2. The van der Waals surface area contributed by atoms with Gasteiger partial charge in [-0.2, -0.15) is 4.37 Å². The highest BCUT2D eigenvalue weighted by Crippen LogP contribution is 2.32. The molecule has 0 spiro atoms. The molecule has 1 rings (SSSR count). The Kier molecular flexibility index (Phi) is 7.32. The maximum Gasteiger partial charge on any atom is 0.249 e. The molecule has 0 fully saturated rings. The monoisotopic (exact) mass is 338 g/mol. The van der Waals surface area contributed by atoms with E-state index in [2.05, 4.69) is 9.69 Å². The zero-order valence-corrected chi connectivity index (χ0v) is 14.1. The Morgan fingerprint density at radius 3 is 2.67 bits per heavy atom. The van der Waals surface area contributed by atoms with Crippen LogP contribution in [0.3, 0.4) is 0 Å². The summed E-state index contributed by atoms with van der Waals surface area (Å²) < 4.78 is 39.6. The minimum atomic E-state index is -3.60. The number of hydrogen-bond donors (Lipinski definition) is 2. The largest absolute Gasteiger partial charge is 0.382 e. The third kappa shape index (κ3) is 5.08. The molecule has 21 heavy (non-hydrogen) atoms. The Morgan fingerprint density at radius 1 is 1.33 bits per heavy atom. The van der Waals surface area contributed by atoms with Gasteiger partial charge in [0.05, 0.1) is 13.2 Å². The number of hydrogen-bond acceptors (Lipinski definition) is 8. The first-order valence-electron chi connectivity index (χ1n) is 6.39. The minimum absolute atomic E-state index is 0.0209. The summed E-state index contributed by atoms with van der Waals surface area (Å²) in [4.78, 5) is 0.0396. The summed E-state index contributed by atoms with van der Waals surface area (Å²) >= 11 is 1.04. The highest BCUT2D eigenvalue weighted by Gasteiger charge is 2.27. The number of nitrogen functional groups attached to an aromatic ring is 1. The lowest BCUT2D eigenvalue weighted by Gasteiger charge is -2.12. The van der Waals surface area contributed by atoms with Gasteiger partial charge in [0.1, 0.15) is 5.00 Å². The lowest BCUT2D eigenvalue weighted by molar-refractivity contribution is 0.0705. The van der Waals surface area contributed by atoms with Crippen LogP contribution in [0.5, 0.6) is 0 Å². The number of ether oxygens (including phenoxy) is 2. The van der Waals surface area contributed by atoms with E-state index < -0.39 is 10.0 Å². The fourth-order valence-electron chi connectivity index (χ4n) is 1.46. The molecule has 1 aromatic rings. The molecule has 8 nitrogen and oxygen atoms in total. The first kappa shape index (κ1) is 18.1. The summed E-state index contributed by atoms with van der Waals surface area (Å²) in [5.74, 6) is 0.0209. The van der Waals surface area contributed by atoms with Gasteiger partial charge in [0.2, 0.25) is 10.0 Å². The van der Waals surface area contributed by atoms with Crippen molar-refractivity contribution in [3.63, 3.8) is 0 Å². The van der Waals surface area contributed by atoms with E-state index in [1.165, 1.54) is 14.1 Å². The maximum atomic E-state index is 12.2. The van der Waals surface area contributed by atoms with Crippen LogP contribution in [0, 0.1) is 0 Å². The highest BCUT2D eigenvalue weighted by molar-refractivity contribution is 7.89. The average molecular weight is 338 g/mol. The van der Waals surface area contributed by atoms with Crippen molar-refractivity contribution in [1.82, 2.24) is 8.68 Å². The minimum Gasteiger partial charge on any atom is -0.382 e. The second kappa shape index (κ2) is 8.49. The van der Waals surface area contributed by atoms with Gasteiger partial charge in [0, 0.05) is 34.4 Å². The molecule has 0 aliphatic rings. The molecule has 0 bridgehead atoms. The summed E-state index contributed by atoms with van der Waals surface area (Å²) in [5, 5.41) is 3.50. The van der Waals surface area contributed by atoms with Crippen molar-refractivity contribution < 1.29 is 17.9 Å². The molecule has 0 aromatic carbocycles. The molecule has 3 N–H and O–H groups in total. The topological polar surface area (TPSA) is 107 Å². The predicted molar refractivity (Wildman–Crippen MR) is 83.2 cm³/mol. The van der Waals surface area contributed by atoms with Crippen LogP contribution in [0.15, 0.2) is 4.90 Å². The van der Waals surface area contributed by atoms with Crippen LogP contribution >= 0.6 is 11.5 Å². The Bertz CT molecular complexity index is 530. The smallest absolute Gasteiger partial charge is 0.249 e. The zero-order chi connectivity index (χ0) is 15.9. The first-order chi connectivity index (χ1) is 9.91. The molecule has 0 amide bonds. The quantitative estimate of drug-likeness (QED) is 0.596. The lowest BCUT2D eigenvalue weighted by atomic mass is 10.4. The third-order valence-corrected chi connectivity index (χ3v) is 5.43. The Morgan fingerprint density at radius 2 is 2.05 bits per heavy atom. The molecule has 0 radical (unpaired) electrons. The van der Waals surface area contributed by atoms with Crippen molar-refractivity contribution in [3.8, 4) is 0 Å². The molecule has 10 heteroatoms. The fraction of sp³-hybridized carbons (Fsp3) is 0.727. The molecular weight excluding hydrogens is 316 g/mol. The molecular formula is C11H22N4O4S2. The number of nitrogens with two attached hydrogens (primary N) is 1. The lowest BCUT2D eigenvalue weighted by Crippen LogP contribution is -2.23. The van der Waals surface area contributed by atoms with E-state index in [1.54, 1.807) is 7.11 Å². The van der Waals surface area contributed by atoms with Gasteiger partial charge < -0.3 is 20.5 Å². The molecule has 0 atom stereocenters. The van der Waals surface area contributed by atoms with Gasteiger partial charge in [-0.3, -0.25) is 0 Å². The highest BCUT2D eigenvalue weighted by atomic mass is 32.2.